The van der Waals surface area contributed by atoms with Crippen LogP contribution in [0.3, 0.4) is 0 Å². The van der Waals surface area contributed by atoms with E-state index in [2.05, 4.69) is 5.43 Å². The third-order valence-electron chi connectivity index (χ3n) is 4.06. The fourth-order valence-electron chi connectivity index (χ4n) is 2.87. The van der Waals surface area contributed by atoms with E-state index >= 15 is 0 Å². The molecule has 1 aromatic rings. The molecule has 23 heavy (non-hydrogen) atoms. The van der Waals surface area contributed by atoms with Gasteiger partial charge in [-0.25, -0.2) is 10.0 Å². The maximum atomic E-state index is 12.1. The Balaban J connectivity index is 2.10. The quantitative estimate of drug-likeness (QED) is 0.729. The minimum atomic E-state index is -1.42. The lowest BCUT2D eigenvalue weighted by Gasteiger charge is -2.45. The number of nitrogens with zero attached hydrogens (tertiary/aromatic N) is 2. The van der Waals surface area contributed by atoms with Gasteiger partial charge in [0.05, 0.1) is 13.1 Å². The van der Waals surface area contributed by atoms with E-state index < -0.39 is 11.7 Å². The molecule has 1 aliphatic rings. The minimum Gasteiger partial charge on any atom is -0.526 e. The molecule has 0 spiro atoms. The van der Waals surface area contributed by atoms with Crippen LogP contribution < -0.4 is 10.5 Å². The van der Waals surface area contributed by atoms with Gasteiger partial charge < -0.3 is 19.9 Å². The molecule has 0 unspecified atom stereocenters. The molecule has 1 saturated heterocycles. The number of aliphatic hydroxyl groups is 1. The van der Waals surface area contributed by atoms with Gasteiger partial charge in [0.1, 0.15) is 25.2 Å². The molecule has 7 heteroatoms. The predicted molar refractivity (Wildman–Crippen MR) is 81.5 cm³/mol. The van der Waals surface area contributed by atoms with Crippen LogP contribution >= 0.6 is 0 Å². The second kappa shape index (κ2) is 6.55. The van der Waals surface area contributed by atoms with E-state index in [9.17, 15) is 19.8 Å². The van der Waals surface area contributed by atoms with Crippen molar-refractivity contribution in [2.75, 3.05) is 26.2 Å². The van der Waals surface area contributed by atoms with Gasteiger partial charge >= 0.3 is 0 Å². The topological polar surface area (TPSA) is 92.7 Å². The monoisotopic (exact) mass is 321 g/mol. The van der Waals surface area contributed by atoms with Crippen molar-refractivity contribution in [3.8, 4) is 0 Å². The fraction of sp³-hybridized carbons (Fsp3) is 0.500. The summed E-state index contributed by atoms with van der Waals surface area (Å²) in [5.74, 6) is -0.344. The molecule has 0 saturated carbocycles. The number of carboxylic acid groups (broad SMARTS) is 1. The van der Waals surface area contributed by atoms with Crippen LogP contribution in [0.2, 0.25) is 0 Å². The lowest BCUT2D eigenvalue weighted by molar-refractivity contribution is -0.978. The fourth-order valence-corrected chi connectivity index (χ4v) is 2.87. The highest BCUT2D eigenvalue weighted by atomic mass is 16.4. The van der Waals surface area contributed by atoms with E-state index in [1.54, 1.807) is 4.90 Å². The number of amides is 2. The second-order valence-corrected chi connectivity index (χ2v) is 6.49. The number of hydrogen-bond donors (Lipinski definition) is 2. The first kappa shape index (κ1) is 17.2. The summed E-state index contributed by atoms with van der Waals surface area (Å²) < 4.78 is 0.113. The van der Waals surface area contributed by atoms with Crippen molar-refractivity contribution >= 4 is 12.0 Å². The Morgan fingerprint density at radius 2 is 1.83 bits per heavy atom. The summed E-state index contributed by atoms with van der Waals surface area (Å²) in [6.45, 7) is 4.98. The molecule has 1 aliphatic heterocycles. The maximum Gasteiger partial charge on any atom is 0.254 e. The van der Waals surface area contributed by atoms with Gasteiger partial charge in [0.15, 0.2) is 6.09 Å². The number of carbonyl (C=O) groups is 2. The van der Waals surface area contributed by atoms with Crippen molar-refractivity contribution in [3.63, 3.8) is 0 Å². The molecule has 1 fully saturated rings. The van der Waals surface area contributed by atoms with E-state index in [0.717, 1.165) is 5.56 Å². The largest absolute Gasteiger partial charge is 0.526 e. The molecule has 126 valence electrons. The smallest absolute Gasteiger partial charge is 0.254 e. The number of nitrogens with one attached hydrogen (secondary N) is 1. The van der Waals surface area contributed by atoms with Crippen molar-refractivity contribution in [2.24, 2.45) is 0 Å². The maximum absolute atomic E-state index is 12.1. The zero-order chi connectivity index (χ0) is 17.1. The van der Waals surface area contributed by atoms with Crippen LogP contribution in [0.5, 0.6) is 0 Å². The van der Waals surface area contributed by atoms with Crippen LogP contribution in [0.1, 0.15) is 19.4 Å². The molecular weight excluding hydrogens is 298 g/mol. The first-order chi connectivity index (χ1) is 10.7. The minimum absolute atomic E-state index is 0.113. The van der Waals surface area contributed by atoms with Crippen LogP contribution in [0.25, 0.3) is 0 Å². The molecule has 2 N–H and O–H groups in total. The van der Waals surface area contributed by atoms with Crippen LogP contribution in [-0.4, -0.2) is 58.4 Å². The van der Waals surface area contributed by atoms with E-state index in [0.29, 0.717) is 32.7 Å². The van der Waals surface area contributed by atoms with Crippen LogP contribution in [0, 0.1) is 0 Å². The van der Waals surface area contributed by atoms with Gasteiger partial charge in [-0.1, -0.05) is 30.3 Å². The Morgan fingerprint density at radius 1 is 1.26 bits per heavy atom. The summed E-state index contributed by atoms with van der Waals surface area (Å²) in [5, 5.41) is 20.9. The molecule has 2 rings (SSSR count). The third-order valence-corrected chi connectivity index (χ3v) is 4.06. The number of rotatable bonds is 4. The predicted octanol–water partition coefficient (Wildman–Crippen LogP) is -0.536. The third kappa shape index (κ3) is 4.43. The summed E-state index contributed by atoms with van der Waals surface area (Å²) in [7, 11) is 0. The lowest BCUT2D eigenvalue weighted by Crippen LogP contribution is -2.69. The van der Waals surface area contributed by atoms with Crippen LogP contribution in [0.4, 0.5) is 4.79 Å². The van der Waals surface area contributed by atoms with E-state index in [1.807, 2.05) is 30.3 Å². The Hall–Kier alpha value is -2.12. The normalized spacial score (nSPS) is 17.6. The van der Waals surface area contributed by atoms with Gasteiger partial charge in [-0.05, 0) is 13.8 Å². The summed E-state index contributed by atoms with van der Waals surface area (Å²) in [6, 6.07) is 9.58. The number of benzene rings is 1. The van der Waals surface area contributed by atoms with Crippen LogP contribution in [0.15, 0.2) is 30.3 Å². The lowest BCUT2D eigenvalue weighted by atomic mass is 10.1. The zero-order valence-corrected chi connectivity index (χ0v) is 13.5. The zero-order valence-electron chi connectivity index (χ0n) is 13.5. The van der Waals surface area contributed by atoms with Crippen molar-refractivity contribution < 1.29 is 24.4 Å². The van der Waals surface area contributed by atoms with Crippen molar-refractivity contribution in [1.29, 1.82) is 0 Å². The molecule has 0 radical (unpaired) electrons. The Kier molecular flexibility index (Phi) is 4.91. The number of carbonyl (C=O) groups excluding carboxylic acids is 2. The second-order valence-electron chi connectivity index (χ2n) is 6.49. The van der Waals surface area contributed by atoms with Gasteiger partial charge in [-0.2, -0.15) is 0 Å². The van der Waals surface area contributed by atoms with E-state index in [1.165, 1.54) is 13.8 Å². The molecule has 0 aliphatic carbocycles. The average Bonchev–Trinajstić information content (AvgIpc) is 2.46. The van der Waals surface area contributed by atoms with Gasteiger partial charge in [0, 0.05) is 5.56 Å². The summed E-state index contributed by atoms with van der Waals surface area (Å²) in [4.78, 5) is 24.8. The summed E-state index contributed by atoms with van der Waals surface area (Å²) in [6.07, 6.45) is -1.33. The Bertz CT molecular complexity index is 560. The summed E-state index contributed by atoms with van der Waals surface area (Å²) >= 11 is 0. The van der Waals surface area contributed by atoms with Crippen LogP contribution in [-0.2, 0) is 11.3 Å². The van der Waals surface area contributed by atoms with Gasteiger partial charge in [0.25, 0.3) is 5.91 Å². The molecular formula is C16H23N3O4. The van der Waals surface area contributed by atoms with Crippen molar-refractivity contribution in [1.82, 2.24) is 10.3 Å². The first-order valence-corrected chi connectivity index (χ1v) is 7.63. The van der Waals surface area contributed by atoms with Gasteiger partial charge in [-0.3, -0.25) is 4.79 Å². The highest BCUT2D eigenvalue weighted by molar-refractivity contribution is 5.84. The first-order valence-electron chi connectivity index (χ1n) is 7.63. The van der Waals surface area contributed by atoms with E-state index in [-0.39, 0.29) is 10.5 Å². The summed E-state index contributed by atoms with van der Waals surface area (Å²) in [5.41, 5.74) is 2.07. The standard InChI is InChI=1S/C16H23N3O4/c1-16(2,23)14(20)18-8-10-19(11-9-18,17-15(21)22)12-13-6-4-3-5-7-13/h3-7,17,23H,8-12H2,1-2H3. The molecule has 0 bridgehead atoms. The van der Waals surface area contributed by atoms with E-state index in [4.69, 9.17) is 0 Å². The number of piperazine rings is 1. The number of quaternary nitrogens is 1. The molecule has 0 aromatic heterocycles. The number of hydrogen-bond acceptors (Lipinski definition) is 4. The highest BCUT2D eigenvalue weighted by Gasteiger charge is 2.39. The van der Waals surface area contributed by atoms with Crippen molar-refractivity contribution in [2.45, 2.75) is 26.0 Å². The van der Waals surface area contributed by atoms with Crippen molar-refractivity contribution in [3.05, 3.63) is 35.9 Å². The molecule has 0 atom stereocenters. The SMILES string of the molecule is CC(C)(O)C(=O)N1CC[N+](Cc2ccccc2)(NC(=O)[O-])CC1. The van der Waals surface area contributed by atoms with Gasteiger partial charge in [0.2, 0.25) is 0 Å². The molecule has 7 nitrogen and oxygen atoms in total. The Morgan fingerprint density at radius 3 is 2.30 bits per heavy atom. The molecule has 1 aromatic carbocycles. The van der Waals surface area contributed by atoms with Gasteiger partial charge in [-0.15, -0.1) is 0 Å². The molecule has 1 heterocycles. The molecule has 2 amide bonds. The highest BCUT2D eigenvalue weighted by Crippen LogP contribution is 2.18. The average molecular weight is 321 g/mol. The Labute approximate surface area is 135 Å².